The highest BCUT2D eigenvalue weighted by Crippen LogP contribution is 2.21. The SMILES string of the molecule is COc1ccc(-c2n[nH]c(=S)n2CC(=O)N[C@H](C)c2ccccc2)cc1. The second-order valence-corrected chi connectivity index (χ2v) is 6.25. The first kappa shape index (κ1) is 17.9. The number of methoxy groups -OCH3 is 1. The van der Waals surface area contributed by atoms with Crippen molar-refractivity contribution in [3.8, 4) is 17.1 Å². The predicted octanol–water partition coefficient (Wildman–Crippen LogP) is 3.49. The van der Waals surface area contributed by atoms with Crippen molar-refractivity contribution < 1.29 is 9.53 Å². The Morgan fingerprint density at radius 1 is 1.23 bits per heavy atom. The molecule has 0 aliphatic rings. The first-order chi connectivity index (χ1) is 12.6. The van der Waals surface area contributed by atoms with E-state index in [4.69, 9.17) is 17.0 Å². The number of aromatic amines is 1. The van der Waals surface area contributed by atoms with Gasteiger partial charge in [0.25, 0.3) is 0 Å². The van der Waals surface area contributed by atoms with E-state index in [0.29, 0.717) is 10.6 Å². The first-order valence-electron chi connectivity index (χ1n) is 8.22. The Kier molecular flexibility index (Phi) is 5.48. The van der Waals surface area contributed by atoms with Crippen molar-refractivity contribution in [1.29, 1.82) is 0 Å². The summed E-state index contributed by atoms with van der Waals surface area (Å²) in [5, 5.41) is 10.0. The van der Waals surface area contributed by atoms with E-state index < -0.39 is 0 Å². The number of hydrogen-bond acceptors (Lipinski definition) is 4. The number of carbonyl (C=O) groups is 1. The Morgan fingerprint density at radius 2 is 1.92 bits per heavy atom. The molecule has 0 unspecified atom stereocenters. The zero-order valence-corrected chi connectivity index (χ0v) is 15.4. The van der Waals surface area contributed by atoms with Crippen LogP contribution in [0.25, 0.3) is 11.4 Å². The average molecular weight is 368 g/mol. The highest BCUT2D eigenvalue weighted by atomic mass is 32.1. The summed E-state index contributed by atoms with van der Waals surface area (Å²) in [5.74, 6) is 1.23. The molecule has 3 rings (SSSR count). The summed E-state index contributed by atoms with van der Waals surface area (Å²) < 4.78 is 7.26. The van der Waals surface area contributed by atoms with Crippen LogP contribution in [0.2, 0.25) is 0 Å². The summed E-state index contributed by atoms with van der Waals surface area (Å²) >= 11 is 5.29. The molecule has 0 saturated heterocycles. The van der Waals surface area contributed by atoms with E-state index in [9.17, 15) is 4.79 Å². The Hall–Kier alpha value is -2.93. The molecule has 26 heavy (non-hydrogen) atoms. The number of hydrogen-bond donors (Lipinski definition) is 2. The molecule has 0 bridgehead atoms. The molecule has 2 aromatic carbocycles. The Morgan fingerprint density at radius 3 is 2.58 bits per heavy atom. The first-order valence-corrected chi connectivity index (χ1v) is 8.63. The third-order valence-electron chi connectivity index (χ3n) is 4.09. The van der Waals surface area contributed by atoms with Crippen LogP contribution in [-0.2, 0) is 11.3 Å². The summed E-state index contributed by atoms with van der Waals surface area (Å²) in [4.78, 5) is 12.5. The van der Waals surface area contributed by atoms with Crippen molar-refractivity contribution in [1.82, 2.24) is 20.1 Å². The highest BCUT2D eigenvalue weighted by Gasteiger charge is 2.14. The van der Waals surface area contributed by atoms with Gasteiger partial charge in [-0.15, -0.1) is 0 Å². The van der Waals surface area contributed by atoms with Crippen LogP contribution in [0, 0.1) is 4.77 Å². The van der Waals surface area contributed by atoms with Gasteiger partial charge in [0.15, 0.2) is 10.6 Å². The summed E-state index contributed by atoms with van der Waals surface area (Å²) in [6.45, 7) is 2.04. The number of carbonyl (C=O) groups excluding carboxylic acids is 1. The van der Waals surface area contributed by atoms with E-state index in [1.165, 1.54) is 0 Å². The molecule has 0 aliphatic heterocycles. The molecule has 0 fully saturated rings. The van der Waals surface area contributed by atoms with E-state index in [1.807, 2.05) is 61.5 Å². The largest absolute Gasteiger partial charge is 0.497 e. The molecule has 0 spiro atoms. The summed E-state index contributed by atoms with van der Waals surface area (Å²) in [7, 11) is 1.61. The number of rotatable bonds is 6. The second kappa shape index (κ2) is 7.97. The standard InChI is InChI=1S/C19H20N4O2S/c1-13(14-6-4-3-5-7-14)20-17(24)12-23-18(21-22-19(23)26)15-8-10-16(25-2)11-9-15/h3-11,13H,12H2,1-2H3,(H,20,24)(H,22,26)/t13-/m1/s1. The zero-order valence-electron chi connectivity index (χ0n) is 14.6. The monoisotopic (exact) mass is 368 g/mol. The van der Waals surface area contributed by atoms with Gasteiger partial charge in [-0.2, -0.15) is 5.10 Å². The number of aromatic nitrogens is 3. The minimum atomic E-state index is -0.131. The summed E-state index contributed by atoms with van der Waals surface area (Å²) in [6.07, 6.45) is 0. The van der Waals surface area contributed by atoms with Gasteiger partial charge in [-0.3, -0.25) is 14.5 Å². The van der Waals surface area contributed by atoms with Crippen molar-refractivity contribution >= 4 is 18.1 Å². The van der Waals surface area contributed by atoms with Crippen LogP contribution in [0.15, 0.2) is 54.6 Å². The molecule has 134 valence electrons. The lowest BCUT2D eigenvalue weighted by atomic mass is 10.1. The third kappa shape index (κ3) is 4.00. The molecule has 0 radical (unpaired) electrons. The van der Waals surface area contributed by atoms with E-state index in [-0.39, 0.29) is 18.5 Å². The molecule has 2 N–H and O–H groups in total. The molecular weight excluding hydrogens is 348 g/mol. The van der Waals surface area contributed by atoms with Crippen LogP contribution in [-0.4, -0.2) is 27.8 Å². The molecule has 7 heteroatoms. The quantitative estimate of drug-likeness (QED) is 0.653. The molecule has 0 saturated carbocycles. The minimum absolute atomic E-state index is 0.0887. The molecule has 1 heterocycles. The normalized spacial score (nSPS) is 11.8. The van der Waals surface area contributed by atoms with Crippen LogP contribution in [0.5, 0.6) is 5.75 Å². The molecule has 1 aromatic heterocycles. The highest BCUT2D eigenvalue weighted by molar-refractivity contribution is 7.71. The lowest BCUT2D eigenvalue weighted by molar-refractivity contribution is -0.122. The van der Waals surface area contributed by atoms with Gasteiger partial charge in [0, 0.05) is 5.56 Å². The maximum atomic E-state index is 12.5. The van der Waals surface area contributed by atoms with E-state index in [1.54, 1.807) is 11.7 Å². The van der Waals surface area contributed by atoms with E-state index >= 15 is 0 Å². The number of benzene rings is 2. The Balaban J connectivity index is 1.76. The van der Waals surface area contributed by atoms with Crippen LogP contribution in [0.1, 0.15) is 18.5 Å². The van der Waals surface area contributed by atoms with E-state index in [0.717, 1.165) is 16.9 Å². The molecular formula is C19H20N4O2S. The Bertz CT molecular complexity index is 932. The van der Waals surface area contributed by atoms with Crippen LogP contribution >= 0.6 is 12.2 Å². The van der Waals surface area contributed by atoms with Crippen LogP contribution < -0.4 is 10.1 Å². The summed E-state index contributed by atoms with van der Waals surface area (Å²) in [6, 6.07) is 17.2. The van der Waals surface area contributed by atoms with Crippen molar-refractivity contribution in [3.63, 3.8) is 0 Å². The second-order valence-electron chi connectivity index (χ2n) is 5.87. The average Bonchev–Trinajstić information content (AvgIpc) is 3.03. The zero-order chi connectivity index (χ0) is 18.5. The lowest BCUT2D eigenvalue weighted by Gasteiger charge is -2.15. The molecule has 3 aromatic rings. The molecule has 1 atom stereocenters. The van der Waals surface area contributed by atoms with Gasteiger partial charge >= 0.3 is 0 Å². The van der Waals surface area contributed by atoms with Crippen molar-refractivity contribution in [3.05, 3.63) is 64.9 Å². The number of amides is 1. The van der Waals surface area contributed by atoms with E-state index in [2.05, 4.69) is 15.5 Å². The van der Waals surface area contributed by atoms with Gasteiger partial charge in [-0.1, -0.05) is 30.3 Å². The third-order valence-corrected chi connectivity index (χ3v) is 4.40. The number of ether oxygens (including phenoxy) is 1. The topological polar surface area (TPSA) is 71.9 Å². The lowest BCUT2D eigenvalue weighted by Crippen LogP contribution is -2.30. The van der Waals surface area contributed by atoms with Crippen molar-refractivity contribution in [2.75, 3.05) is 7.11 Å². The minimum Gasteiger partial charge on any atom is -0.497 e. The van der Waals surface area contributed by atoms with Gasteiger partial charge in [-0.05, 0) is 49.0 Å². The molecule has 6 nitrogen and oxygen atoms in total. The fraction of sp³-hybridized carbons (Fsp3) is 0.211. The van der Waals surface area contributed by atoms with Gasteiger partial charge in [-0.25, -0.2) is 0 Å². The van der Waals surface area contributed by atoms with Crippen molar-refractivity contribution in [2.45, 2.75) is 19.5 Å². The number of H-pyrrole nitrogens is 1. The van der Waals surface area contributed by atoms with Gasteiger partial charge in [0.2, 0.25) is 5.91 Å². The van der Waals surface area contributed by atoms with Gasteiger partial charge in [0.1, 0.15) is 12.3 Å². The van der Waals surface area contributed by atoms with Gasteiger partial charge < -0.3 is 10.1 Å². The van der Waals surface area contributed by atoms with Crippen LogP contribution in [0.4, 0.5) is 0 Å². The fourth-order valence-corrected chi connectivity index (χ4v) is 2.88. The maximum absolute atomic E-state index is 12.5. The van der Waals surface area contributed by atoms with Gasteiger partial charge in [0.05, 0.1) is 13.2 Å². The predicted molar refractivity (Wildman–Crippen MR) is 102 cm³/mol. The summed E-state index contributed by atoms with van der Waals surface area (Å²) in [5.41, 5.74) is 1.90. The number of nitrogens with zero attached hydrogens (tertiary/aromatic N) is 2. The Labute approximate surface area is 156 Å². The smallest absolute Gasteiger partial charge is 0.240 e. The number of nitrogens with one attached hydrogen (secondary N) is 2. The molecule has 0 aliphatic carbocycles. The maximum Gasteiger partial charge on any atom is 0.240 e. The van der Waals surface area contributed by atoms with Crippen LogP contribution in [0.3, 0.4) is 0 Å². The molecule has 1 amide bonds. The van der Waals surface area contributed by atoms with Crippen molar-refractivity contribution in [2.24, 2.45) is 0 Å². The fourth-order valence-electron chi connectivity index (χ4n) is 2.68.